The summed E-state index contributed by atoms with van der Waals surface area (Å²) in [6.07, 6.45) is 1.56. The molecule has 152 valence electrons. The molecule has 0 unspecified atom stereocenters. The first-order valence-electron chi connectivity index (χ1n) is 9.22. The Labute approximate surface area is 175 Å². The fourth-order valence-electron chi connectivity index (χ4n) is 2.98. The van der Waals surface area contributed by atoms with Gasteiger partial charge < -0.3 is 10.1 Å². The first kappa shape index (κ1) is 19.8. The van der Waals surface area contributed by atoms with E-state index in [0.29, 0.717) is 15.9 Å². The molecule has 2 aromatic heterocycles. The lowest BCUT2D eigenvalue weighted by atomic mass is 10.2. The van der Waals surface area contributed by atoms with E-state index in [0.717, 1.165) is 16.2 Å². The number of thiophene rings is 1. The fourth-order valence-corrected chi connectivity index (χ4v) is 4.05. The Hall–Kier alpha value is -3.52. The van der Waals surface area contributed by atoms with Gasteiger partial charge in [-0.1, -0.05) is 0 Å². The lowest BCUT2D eigenvalue weighted by molar-refractivity contribution is -0.116. The minimum absolute atomic E-state index is 0.0984. The standard InChI is InChI=1S/C22H18FN3O3S/c1-29-17-8-2-14(3-9-17)19-12-18-21(30-19)22(28)26(13-24-18)11-10-20(27)25-16-6-4-15(23)5-7-16/h2-9,12-13H,10-11H2,1H3,(H,25,27). The molecule has 0 aliphatic rings. The van der Waals surface area contributed by atoms with E-state index in [1.807, 2.05) is 30.3 Å². The lowest BCUT2D eigenvalue weighted by Crippen LogP contribution is -2.23. The van der Waals surface area contributed by atoms with Gasteiger partial charge in [-0.05, 0) is 60.2 Å². The number of hydrogen-bond acceptors (Lipinski definition) is 5. The average molecular weight is 423 g/mol. The average Bonchev–Trinajstić information content (AvgIpc) is 3.20. The number of hydrogen-bond donors (Lipinski definition) is 1. The number of carbonyl (C=O) groups is 1. The van der Waals surface area contributed by atoms with E-state index < -0.39 is 0 Å². The highest BCUT2D eigenvalue weighted by atomic mass is 32.1. The molecule has 0 fully saturated rings. The SMILES string of the molecule is COc1ccc(-c2cc3ncn(CCC(=O)Nc4ccc(F)cc4)c(=O)c3s2)cc1. The molecule has 2 heterocycles. The van der Waals surface area contributed by atoms with Crippen molar-refractivity contribution in [2.45, 2.75) is 13.0 Å². The van der Waals surface area contributed by atoms with Gasteiger partial charge in [0.25, 0.3) is 5.56 Å². The van der Waals surface area contributed by atoms with Crippen LogP contribution in [0.5, 0.6) is 5.75 Å². The second-order valence-corrected chi connectivity index (χ2v) is 7.65. The van der Waals surface area contributed by atoms with Gasteiger partial charge in [0.2, 0.25) is 5.91 Å². The molecule has 0 radical (unpaired) electrons. The van der Waals surface area contributed by atoms with Gasteiger partial charge in [-0.15, -0.1) is 11.3 Å². The van der Waals surface area contributed by atoms with Gasteiger partial charge in [0.1, 0.15) is 16.3 Å². The van der Waals surface area contributed by atoms with Crippen LogP contribution in [-0.4, -0.2) is 22.6 Å². The summed E-state index contributed by atoms with van der Waals surface area (Å²) in [5.41, 5.74) is 1.93. The summed E-state index contributed by atoms with van der Waals surface area (Å²) in [6, 6.07) is 15.0. The number of methoxy groups -OCH3 is 1. The van der Waals surface area contributed by atoms with Gasteiger partial charge in [-0.25, -0.2) is 9.37 Å². The first-order valence-corrected chi connectivity index (χ1v) is 10.0. The molecule has 4 rings (SSSR count). The highest BCUT2D eigenvalue weighted by Gasteiger charge is 2.12. The molecule has 1 N–H and O–H groups in total. The van der Waals surface area contributed by atoms with Gasteiger partial charge in [0.05, 0.1) is 19.0 Å². The zero-order valence-corrected chi connectivity index (χ0v) is 16.9. The molecule has 1 amide bonds. The lowest BCUT2D eigenvalue weighted by Gasteiger charge is -2.07. The van der Waals surface area contributed by atoms with E-state index in [-0.39, 0.29) is 30.2 Å². The van der Waals surface area contributed by atoms with Crippen molar-refractivity contribution in [1.82, 2.24) is 9.55 Å². The Balaban J connectivity index is 1.49. The molecular weight excluding hydrogens is 405 g/mol. The van der Waals surface area contributed by atoms with Crippen molar-refractivity contribution in [2.24, 2.45) is 0 Å². The number of ether oxygens (including phenoxy) is 1. The van der Waals surface area contributed by atoms with Gasteiger partial charge in [0.15, 0.2) is 0 Å². The van der Waals surface area contributed by atoms with Crippen LogP contribution < -0.4 is 15.6 Å². The van der Waals surface area contributed by atoms with E-state index in [2.05, 4.69) is 10.3 Å². The zero-order chi connectivity index (χ0) is 21.1. The highest BCUT2D eigenvalue weighted by Crippen LogP contribution is 2.31. The van der Waals surface area contributed by atoms with Crippen LogP contribution in [0.3, 0.4) is 0 Å². The predicted molar refractivity (Wildman–Crippen MR) is 116 cm³/mol. The molecule has 0 aliphatic carbocycles. The second kappa shape index (κ2) is 8.46. The number of nitrogens with zero attached hydrogens (tertiary/aromatic N) is 2. The number of amides is 1. The molecule has 0 atom stereocenters. The Morgan fingerprint density at radius 2 is 1.90 bits per heavy atom. The van der Waals surface area contributed by atoms with Crippen molar-refractivity contribution in [3.05, 3.63) is 77.1 Å². The summed E-state index contributed by atoms with van der Waals surface area (Å²) >= 11 is 1.37. The summed E-state index contributed by atoms with van der Waals surface area (Å²) in [7, 11) is 1.61. The number of anilines is 1. The number of nitrogens with one attached hydrogen (secondary N) is 1. The van der Waals surface area contributed by atoms with Crippen LogP contribution in [0.1, 0.15) is 6.42 Å². The van der Waals surface area contributed by atoms with Crippen LogP contribution >= 0.6 is 11.3 Å². The smallest absolute Gasteiger partial charge is 0.271 e. The number of halogens is 1. The van der Waals surface area contributed by atoms with Crippen LogP contribution in [0.25, 0.3) is 20.7 Å². The van der Waals surface area contributed by atoms with Gasteiger partial charge in [0, 0.05) is 23.5 Å². The monoisotopic (exact) mass is 423 g/mol. The third-order valence-corrected chi connectivity index (χ3v) is 5.75. The molecule has 0 saturated heterocycles. The number of benzene rings is 2. The van der Waals surface area contributed by atoms with Crippen molar-refractivity contribution >= 4 is 33.1 Å². The number of rotatable bonds is 6. The summed E-state index contributed by atoms with van der Waals surface area (Å²) in [5.74, 6) is 0.127. The Kier molecular flexibility index (Phi) is 5.58. The van der Waals surface area contributed by atoms with E-state index in [9.17, 15) is 14.0 Å². The maximum atomic E-state index is 12.9. The highest BCUT2D eigenvalue weighted by molar-refractivity contribution is 7.22. The summed E-state index contributed by atoms with van der Waals surface area (Å²) in [6.45, 7) is 0.199. The van der Waals surface area contributed by atoms with Crippen molar-refractivity contribution in [3.8, 4) is 16.2 Å². The van der Waals surface area contributed by atoms with E-state index >= 15 is 0 Å². The fraction of sp³-hybridized carbons (Fsp3) is 0.136. The third-order valence-electron chi connectivity index (χ3n) is 4.59. The van der Waals surface area contributed by atoms with Crippen LogP contribution in [0, 0.1) is 5.82 Å². The molecule has 30 heavy (non-hydrogen) atoms. The minimum Gasteiger partial charge on any atom is -0.497 e. The normalized spacial score (nSPS) is 10.9. The number of carbonyl (C=O) groups excluding carboxylic acids is 1. The largest absolute Gasteiger partial charge is 0.497 e. The zero-order valence-electron chi connectivity index (χ0n) is 16.1. The summed E-state index contributed by atoms with van der Waals surface area (Å²) in [4.78, 5) is 30.3. The van der Waals surface area contributed by atoms with Crippen molar-refractivity contribution in [3.63, 3.8) is 0 Å². The van der Waals surface area contributed by atoms with Crippen molar-refractivity contribution < 1.29 is 13.9 Å². The number of aryl methyl sites for hydroxylation is 1. The molecule has 0 aliphatic heterocycles. The van der Waals surface area contributed by atoms with Crippen molar-refractivity contribution in [2.75, 3.05) is 12.4 Å². The predicted octanol–water partition coefficient (Wildman–Crippen LogP) is 4.30. The van der Waals surface area contributed by atoms with E-state index in [1.165, 1.54) is 46.5 Å². The topological polar surface area (TPSA) is 73.2 Å². The van der Waals surface area contributed by atoms with Crippen LogP contribution in [-0.2, 0) is 11.3 Å². The van der Waals surface area contributed by atoms with Gasteiger partial charge >= 0.3 is 0 Å². The molecule has 6 nitrogen and oxygen atoms in total. The van der Waals surface area contributed by atoms with Crippen molar-refractivity contribution in [1.29, 1.82) is 0 Å². The number of fused-ring (bicyclic) bond motifs is 1. The van der Waals surface area contributed by atoms with Gasteiger partial charge in [-0.2, -0.15) is 0 Å². The van der Waals surface area contributed by atoms with Crippen LogP contribution in [0.2, 0.25) is 0 Å². The third kappa shape index (κ3) is 4.23. The molecular formula is C22H18FN3O3S. The Morgan fingerprint density at radius 3 is 2.60 bits per heavy atom. The number of aromatic nitrogens is 2. The maximum Gasteiger partial charge on any atom is 0.271 e. The minimum atomic E-state index is -0.371. The molecule has 0 spiro atoms. The van der Waals surface area contributed by atoms with Gasteiger partial charge in [-0.3, -0.25) is 14.2 Å². The Morgan fingerprint density at radius 1 is 1.17 bits per heavy atom. The molecule has 0 saturated carbocycles. The quantitative estimate of drug-likeness (QED) is 0.502. The van der Waals surface area contributed by atoms with E-state index in [1.54, 1.807) is 7.11 Å². The molecule has 8 heteroatoms. The Bertz CT molecular complexity index is 1250. The molecule has 4 aromatic rings. The summed E-state index contributed by atoms with van der Waals surface area (Å²) < 4.78 is 20.1. The van der Waals surface area contributed by atoms with Crippen LogP contribution in [0.15, 0.2) is 65.7 Å². The first-order chi connectivity index (χ1) is 14.5. The van der Waals surface area contributed by atoms with Crippen LogP contribution in [0.4, 0.5) is 10.1 Å². The molecule has 2 aromatic carbocycles. The molecule has 0 bridgehead atoms. The van der Waals surface area contributed by atoms with E-state index in [4.69, 9.17) is 4.74 Å². The second-order valence-electron chi connectivity index (χ2n) is 6.60. The summed E-state index contributed by atoms with van der Waals surface area (Å²) in [5, 5.41) is 2.68. The maximum absolute atomic E-state index is 12.9.